The Bertz CT molecular complexity index is 1020. The molecule has 2 N–H and O–H groups in total. The number of nitrogens with one attached hydrogen (secondary N) is 2. The highest BCUT2D eigenvalue weighted by Gasteiger charge is 2.25. The van der Waals surface area contributed by atoms with Crippen LogP contribution in [0.25, 0.3) is 10.9 Å². The molecule has 3 heterocycles. The second-order valence-corrected chi connectivity index (χ2v) is 6.92. The van der Waals surface area contributed by atoms with Crippen molar-refractivity contribution in [1.29, 1.82) is 0 Å². The van der Waals surface area contributed by atoms with Gasteiger partial charge in [-0.15, -0.1) is 0 Å². The first-order valence-corrected chi connectivity index (χ1v) is 9.38. The molecule has 1 fully saturated rings. The maximum absolute atomic E-state index is 14.7. The van der Waals surface area contributed by atoms with Gasteiger partial charge in [-0.3, -0.25) is 9.69 Å². The maximum atomic E-state index is 14.7. The second-order valence-electron chi connectivity index (χ2n) is 6.92. The number of aromatic amines is 1. The molecule has 1 unspecified atom stereocenters. The molecular weight excluding hydrogens is 380 g/mol. The van der Waals surface area contributed by atoms with E-state index in [1.165, 1.54) is 12.3 Å². The highest BCUT2D eigenvalue weighted by Crippen LogP contribution is 2.24. The Hall–Kier alpha value is -2.91. The van der Waals surface area contributed by atoms with Crippen LogP contribution in [0.4, 0.5) is 8.78 Å². The molecule has 9 heteroatoms. The van der Waals surface area contributed by atoms with Gasteiger partial charge in [0.1, 0.15) is 17.5 Å². The van der Waals surface area contributed by atoms with E-state index < -0.39 is 17.5 Å². The normalized spacial score (nSPS) is 16.1. The number of benzene rings is 1. The van der Waals surface area contributed by atoms with Crippen LogP contribution in [0.1, 0.15) is 27.8 Å². The van der Waals surface area contributed by atoms with Gasteiger partial charge in [-0.25, -0.2) is 18.7 Å². The van der Waals surface area contributed by atoms with E-state index in [0.717, 1.165) is 11.6 Å². The molecule has 7 nitrogen and oxygen atoms in total. The molecule has 1 amide bonds. The Morgan fingerprint density at radius 1 is 1.31 bits per heavy atom. The summed E-state index contributed by atoms with van der Waals surface area (Å²) in [6.07, 6.45) is 4.88. The molecule has 1 aliphatic rings. The van der Waals surface area contributed by atoms with Gasteiger partial charge in [0.15, 0.2) is 0 Å². The van der Waals surface area contributed by atoms with Crippen LogP contribution in [0.3, 0.4) is 0 Å². The molecule has 0 aliphatic carbocycles. The standard InChI is InChI=1S/C20H21F2N5O2/c1-12-24-9-13(10-25-12)17(27-4-6-29-7-5-27)11-26-20(28)15-8-16(21)19-14(18(15)22)2-3-23-19/h2-3,8-10,17,23H,4-7,11H2,1H3,(H,26,28). The third-order valence-electron chi connectivity index (χ3n) is 5.10. The van der Waals surface area contributed by atoms with Crippen molar-refractivity contribution in [2.45, 2.75) is 13.0 Å². The van der Waals surface area contributed by atoms with Gasteiger partial charge in [-0.2, -0.15) is 0 Å². The van der Waals surface area contributed by atoms with Crippen molar-refractivity contribution in [2.75, 3.05) is 32.8 Å². The molecule has 1 atom stereocenters. The fourth-order valence-corrected chi connectivity index (χ4v) is 3.53. The number of halogens is 2. The van der Waals surface area contributed by atoms with Crippen LogP contribution in [0.15, 0.2) is 30.7 Å². The Morgan fingerprint density at radius 3 is 2.76 bits per heavy atom. The number of fused-ring (bicyclic) bond motifs is 1. The zero-order valence-electron chi connectivity index (χ0n) is 15.9. The average Bonchev–Trinajstić information content (AvgIpc) is 3.24. The van der Waals surface area contributed by atoms with Crippen LogP contribution in [-0.4, -0.2) is 58.6 Å². The van der Waals surface area contributed by atoms with Crippen molar-refractivity contribution in [3.8, 4) is 0 Å². The molecule has 152 valence electrons. The molecule has 0 radical (unpaired) electrons. The van der Waals surface area contributed by atoms with Crippen molar-refractivity contribution in [3.63, 3.8) is 0 Å². The fraction of sp³-hybridized carbons (Fsp3) is 0.350. The molecule has 1 saturated heterocycles. The van der Waals surface area contributed by atoms with E-state index in [1.807, 2.05) is 0 Å². The van der Waals surface area contributed by atoms with Crippen molar-refractivity contribution in [1.82, 2.24) is 25.2 Å². The zero-order chi connectivity index (χ0) is 20.4. The van der Waals surface area contributed by atoms with Crippen molar-refractivity contribution < 1.29 is 18.3 Å². The second kappa shape index (κ2) is 8.22. The van der Waals surface area contributed by atoms with Gasteiger partial charge in [0.05, 0.1) is 30.3 Å². The molecular formula is C20H21F2N5O2. The highest BCUT2D eigenvalue weighted by molar-refractivity contribution is 5.98. The fourth-order valence-electron chi connectivity index (χ4n) is 3.53. The summed E-state index contributed by atoms with van der Waals surface area (Å²) in [5.74, 6) is -1.44. The molecule has 0 saturated carbocycles. The number of nitrogens with zero attached hydrogens (tertiary/aromatic N) is 3. The molecule has 2 aromatic heterocycles. The first kappa shape index (κ1) is 19.4. The minimum absolute atomic E-state index is 0.0436. The molecule has 0 spiro atoms. The number of aryl methyl sites for hydroxylation is 1. The summed E-state index contributed by atoms with van der Waals surface area (Å²) in [6, 6.07) is 2.12. The van der Waals surface area contributed by atoms with Crippen LogP contribution >= 0.6 is 0 Å². The van der Waals surface area contributed by atoms with Crippen molar-refractivity contribution in [2.24, 2.45) is 0 Å². The van der Waals surface area contributed by atoms with Gasteiger partial charge >= 0.3 is 0 Å². The van der Waals surface area contributed by atoms with Gasteiger partial charge in [0.25, 0.3) is 5.91 Å². The third-order valence-corrected chi connectivity index (χ3v) is 5.10. The average molecular weight is 401 g/mol. The number of morpholine rings is 1. The van der Waals surface area contributed by atoms with Crippen LogP contribution in [0.5, 0.6) is 0 Å². The molecule has 3 aromatic rings. The van der Waals surface area contributed by atoms with Crippen LogP contribution in [0.2, 0.25) is 0 Å². The van der Waals surface area contributed by atoms with Gasteiger partial charge < -0.3 is 15.0 Å². The molecule has 1 aliphatic heterocycles. The summed E-state index contributed by atoms with van der Waals surface area (Å²) in [5.41, 5.74) is 0.558. The van der Waals surface area contributed by atoms with Gasteiger partial charge in [-0.1, -0.05) is 0 Å². The largest absolute Gasteiger partial charge is 0.379 e. The number of ether oxygens (including phenoxy) is 1. The van der Waals surface area contributed by atoms with Crippen LogP contribution in [0, 0.1) is 18.6 Å². The Balaban J connectivity index is 1.56. The molecule has 1 aromatic carbocycles. The number of aromatic nitrogens is 3. The minimum atomic E-state index is -0.748. The summed E-state index contributed by atoms with van der Waals surface area (Å²) in [4.78, 5) is 25.9. The van der Waals surface area contributed by atoms with E-state index in [2.05, 4.69) is 25.2 Å². The Morgan fingerprint density at radius 2 is 2.03 bits per heavy atom. The van der Waals surface area contributed by atoms with E-state index in [1.54, 1.807) is 19.3 Å². The number of carbonyl (C=O) groups excluding carboxylic acids is 1. The summed E-state index contributed by atoms with van der Waals surface area (Å²) >= 11 is 0. The van der Waals surface area contributed by atoms with Crippen molar-refractivity contribution in [3.05, 3.63) is 59.3 Å². The van der Waals surface area contributed by atoms with Crippen molar-refractivity contribution >= 4 is 16.8 Å². The van der Waals surface area contributed by atoms with E-state index in [9.17, 15) is 13.6 Å². The summed E-state index contributed by atoms with van der Waals surface area (Å²) < 4.78 is 34.3. The predicted molar refractivity (Wildman–Crippen MR) is 102 cm³/mol. The van der Waals surface area contributed by atoms with E-state index >= 15 is 0 Å². The summed E-state index contributed by atoms with van der Waals surface area (Å²) in [6.45, 7) is 4.54. The summed E-state index contributed by atoms with van der Waals surface area (Å²) in [7, 11) is 0. The number of rotatable bonds is 5. The molecule has 0 bridgehead atoms. The summed E-state index contributed by atoms with van der Waals surface area (Å²) in [5, 5.41) is 2.79. The molecule has 4 rings (SSSR count). The maximum Gasteiger partial charge on any atom is 0.254 e. The third kappa shape index (κ3) is 3.96. The van der Waals surface area contributed by atoms with Gasteiger partial charge in [0, 0.05) is 49.2 Å². The lowest BCUT2D eigenvalue weighted by molar-refractivity contribution is 0.0160. The topological polar surface area (TPSA) is 83.1 Å². The lowest BCUT2D eigenvalue weighted by Gasteiger charge is -2.34. The highest BCUT2D eigenvalue weighted by atomic mass is 19.1. The number of hydrogen-bond acceptors (Lipinski definition) is 5. The monoisotopic (exact) mass is 401 g/mol. The van der Waals surface area contributed by atoms with Gasteiger partial charge in [-0.05, 0) is 19.1 Å². The molecule has 29 heavy (non-hydrogen) atoms. The van der Waals surface area contributed by atoms with Crippen LogP contribution < -0.4 is 5.32 Å². The Labute approximate surface area is 166 Å². The zero-order valence-corrected chi connectivity index (χ0v) is 15.9. The lowest BCUT2D eigenvalue weighted by Crippen LogP contribution is -2.44. The smallest absolute Gasteiger partial charge is 0.254 e. The SMILES string of the molecule is Cc1ncc(C(CNC(=O)c2cc(F)c3[nH]ccc3c2F)N2CCOCC2)cn1. The predicted octanol–water partition coefficient (Wildman–Crippen LogP) is 2.35. The Kier molecular flexibility index (Phi) is 5.50. The number of amides is 1. The first-order valence-electron chi connectivity index (χ1n) is 9.38. The number of hydrogen-bond donors (Lipinski definition) is 2. The minimum Gasteiger partial charge on any atom is -0.379 e. The van der Waals surface area contributed by atoms with E-state index in [0.29, 0.717) is 32.1 Å². The lowest BCUT2D eigenvalue weighted by atomic mass is 10.1. The van der Waals surface area contributed by atoms with E-state index in [4.69, 9.17) is 4.74 Å². The first-order chi connectivity index (χ1) is 14.0. The van der Waals surface area contributed by atoms with Gasteiger partial charge in [0.2, 0.25) is 0 Å². The number of carbonyl (C=O) groups is 1. The number of H-pyrrole nitrogens is 1. The quantitative estimate of drug-likeness (QED) is 0.686. The van der Waals surface area contributed by atoms with Crippen LogP contribution in [-0.2, 0) is 4.74 Å². The van der Waals surface area contributed by atoms with E-state index in [-0.39, 0.29) is 29.1 Å².